The van der Waals surface area contributed by atoms with Crippen LogP contribution in [-0.4, -0.2) is 30.3 Å². The molecule has 1 atom stereocenters. The first-order valence-corrected chi connectivity index (χ1v) is 6.58. The molecule has 1 aromatic rings. The average Bonchev–Trinajstić information content (AvgIpc) is 2.38. The molecule has 0 saturated heterocycles. The number of hydrogen-bond donors (Lipinski definition) is 0. The van der Waals surface area contributed by atoms with Gasteiger partial charge in [0.2, 0.25) is 0 Å². The zero-order valence-corrected chi connectivity index (χ0v) is 11.4. The van der Waals surface area contributed by atoms with E-state index in [0.29, 0.717) is 12.5 Å². The molecule has 0 spiro atoms. The van der Waals surface area contributed by atoms with Crippen LogP contribution in [0.15, 0.2) is 24.3 Å². The highest BCUT2D eigenvalue weighted by atomic mass is 19.1. The molecule has 1 aromatic carbocycles. The molecular formula is C15H22FNO. The molecule has 100 valence electrons. The Morgan fingerprint density at radius 1 is 1.33 bits per heavy atom. The summed E-state index contributed by atoms with van der Waals surface area (Å²) in [6, 6.07) is 6.18. The smallest absolute Gasteiger partial charge is 0.179 e. The Morgan fingerprint density at radius 3 is 2.56 bits per heavy atom. The van der Waals surface area contributed by atoms with Crippen molar-refractivity contribution in [3.05, 3.63) is 35.6 Å². The average molecular weight is 251 g/mol. The van der Waals surface area contributed by atoms with Gasteiger partial charge >= 0.3 is 0 Å². The van der Waals surface area contributed by atoms with Crippen molar-refractivity contribution < 1.29 is 9.18 Å². The summed E-state index contributed by atoms with van der Waals surface area (Å²) in [5.41, 5.74) is 0.195. The fourth-order valence-corrected chi connectivity index (χ4v) is 1.85. The van der Waals surface area contributed by atoms with Crippen LogP contribution in [0.5, 0.6) is 0 Å². The molecule has 0 N–H and O–H groups in total. The van der Waals surface area contributed by atoms with Crippen LogP contribution in [-0.2, 0) is 0 Å². The monoisotopic (exact) mass is 251 g/mol. The fourth-order valence-electron chi connectivity index (χ4n) is 1.85. The minimum Gasteiger partial charge on any atom is -0.296 e. The Hall–Kier alpha value is -1.22. The third-order valence-electron chi connectivity index (χ3n) is 3.26. The molecule has 1 unspecified atom stereocenters. The van der Waals surface area contributed by atoms with Gasteiger partial charge in [0, 0.05) is 6.54 Å². The van der Waals surface area contributed by atoms with Gasteiger partial charge in [-0.3, -0.25) is 9.69 Å². The summed E-state index contributed by atoms with van der Waals surface area (Å²) in [6.45, 7) is 8.31. The summed E-state index contributed by atoms with van der Waals surface area (Å²) in [5.74, 6) is -0.0151. The molecule has 0 aromatic heterocycles. The number of carbonyl (C=O) groups excluding carboxylic acids is 1. The lowest BCUT2D eigenvalue weighted by Gasteiger charge is -2.22. The maximum atomic E-state index is 13.5. The van der Waals surface area contributed by atoms with Crippen LogP contribution in [0.4, 0.5) is 4.39 Å². The van der Waals surface area contributed by atoms with Crippen LogP contribution in [0.2, 0.25) is 0 Å². The van der Waals surface area contributed by atoms with Gasteiger partial charge in [-0.05, 0) is 24.6 Å². The molecule has 0 aliphatic rings. The van der Waals surface area contributed by atoms with Gasteiger partial charge in [-0.2, -0.15) is 0 Å². The van der Waals surface area contributed by atoms with Gasteiger partial charge in [0.25, 0.3) is 0 Å². The highest BCUT2D eigenvalue weighted by Gasteiger charge is 2.15. The number of carbonyl (C=O) groups is 1. The van der Waals surface area contributed by atoms with Crippen LogP contribution < -0.4 is 0 Å². The zero-order valence-electron chi connectivity index (χ0n) is 11.4. The summed E-state index contributed by atoms with van der Waals surface area (Å²) < 4.78 is 13.5. The lowest BCUT2D eigenvalue weighted by molar-refractivity contribution is 0.0920. The maximum absolute atomic E-state index is 13.5. The van der Waals surface area contributed by atoms with Crippen LogP contribution in [0, 0.1) is 11.7 Å². The lowest BCUT2D eigenvalue weighted by atomic mass is 10.1. The van der Waals surface area contributed by atoms with Crippen molar-refractivity contribution in [3.8, 4) is 0 Å². The molecule has 0 aliphatic heterocycles. The third-order valence-corrected chi connectivity index (χ3v) is 3.26. The largest absolute Gasteiger partial charge is 0.296 e. The SMILES string of the molecule is CCC(C)CN(CC)CC(=O)c1ccccc1F. The van der Waals surface area contributed by atoms with E-state index in [1.54, 1.807) is 18.2 Å². The van der Waals surface area contributed by atoms with E-state index in [9.17, 15) is 9.18 Å². The molecule has 0 saturated carbocycles. The fraction of sp³-hybridized carbons (Fsp3) is 0.533. The highest BCUT2D eigenvalue weighted by Crippen LogP contribution is 2.10. The van der Waals surface area contributed by atoms with Crippen LogP contribution in [0.1, 0.15) is 37.6 Å². The molecule has 0 aliphatic carbocycles. The summed E-state index contributed by atoms with van der Waals surface area (Å²) in [5, 5.41) is 0. The number of Topliss-reactive ketones (excluding diaryl/α,β-unsaturated/α-hetero) is 1. The maximum Gasteiger partial charge on any atom is 0.179 e. The first-order valence-electron chi connectivity index (χ1n) is 6.58. The van der Waals surface area contributed by atoms with Crippen molar-refractivity contribution in [2.24, 2.45) is 5.92 Å². The predicted octanol–water partition coefficient (Wildman–Crippen LogP) is 3.38. The summed E-state index contributed by atoms with van der Waals surface area (Å²) >= 11 is 0. The summed E-state index contributed by atoms with van der Waals surface area (Å²) in [6.07, 6.45) is 1.09. The van der Waals surface area contributed by atoms with Gasteiger partial charge in [0.05, 0.1) is 12.1 Å². The van der Waals surface area contributed by atoms with Crippen LogP contribution in [0.3, 0.4) is 0 Å². The minimum absolute atomic E-state index is 0.141. The molecule has 0 radical (unpaired) electrons. The van der Waals surface area contributed by atoms with E-state index in [4.69, 9.17) is 0 Å². The number of benzene rings is 1. The molecule has 2 nitrogen and oxygen atoms in total. The topological polar surface area (TPSA) is 20.3 Å². The first-order chi connectivity index (χ1) is 8.58. The summed E-state index contributed by atoms with van der Waals surface area (Å²) in [4.78, 5) is 14.1. The number of likely N-dealkylation sites (N-methyl/N-ethyl adjacent to an activating group) is 1. The molecule has 0 amide bonds. The molecular weight excluding hydrogens is 229 g/mol. The second-order valence-corrected chi connectivity index (χ2v) is 4.74. The summed E-state index contributed by atoms with van der Waals surface area (Å²) in [7, 11) is 0. The first kappa shape index (κ1) is 14.8. The van der Waals surface area contributed by atoms with Crippen molar-refractivity contribution in [3.63, 3.8) is 0 Å². The number of nitrogens with zero attached hydrogens (tertiary/aromatic N) is 1. The van der Waals surface area contributed by atoms with Gasteiger partial charge in [0.15, 0.2) is 5.78 Å². The van der Waals surface area contributed by atoms with E-state index in [0.717, 1.165) is 19.5 Å². The van der Waals surface area contributed by atoms with Crippen molar-refractivity contribution in [2.75, 3.05) is 19.6 Å². The molecule has 1 rings (SSSR count). The molecule has 0 bridgehead atoms. The van der Waals surface area contributed by atoms with Crippen molar-refractivity contribution in [2.45, 2.75) is 27.2 Å². The van der Waals surface area contributed by atoms with Gasteiger partial charge < -0.3 is 0 Å². The number of rotatable bonds is 7. The number of hydrogen-bond acceptors (Lipinski definition) is 2. The molecule has 0 fully saturated rings. The molecule has 0 heterocycles. The van der Waals surface area contributed by atoms with E-state index in [1.807, 2.05) is 6.92 Å². The van der Waals surface area contributed by atoms with Crippen molar-refractivity contribution in [1.82, 2.24) is 4.90 Å². The van der Waals surface area contributed by atoms with Gasteiger partial charge in [-0.25, -0.2) is 4.39 Å². The number of ketones is 1. The van der Waals surface area contributed by atoms with Crippen LogP contribution >= 0.6 is 0 Å². The zero-order chi connectivity index (χ0) is 13.5. The van der Waals surface area contributed by atoms with Crippen molar-refractivity contribution >= 4 is 5.78 Å². The van der Waals surface area contributed by atoms with E-state index in [2.05, 4.69) is 18.7 Å². The standard InChI is InChI=1S/C15H22FNO/c1-4-12(3)10-17(5-2)11-15(18)13-8-6-7-9-14(13)16/h6-9,12H,4-5,10-11H2,1-3H3. The second kappa shape index (κ2) is 7.27. The second-order valence-electron chi connectivity index (χ2n) is 4.74. The number of halogens is 1. The van der Waals surface area contributed by atoms with Crippen molar-refractivity contribution in [1.29, 1.82) is 0 Å². The minimum atomic E-state index is -0.429. The van der Waals surface area contributed by atoms with E-state index < -0.39 is 5.82 Å². The third kappa shape index (κ3) is 4.22. The Labute approximate surface area is 109 Å². The lowest BCUT2D eigenvalue weighted by Crippen LogP contribution is -2.33. The Morgan fingerprint density at radius 2 is 2.00 bits per heavy atom. The van der Waals surface area contributed by atoms with Crippen LogP contribution in [0.25, 0.3) is 0 Å². The van der Waals surface area contributed by atoms with Gasteiger partial charge in [-0.1, -0.05) is 39.3 Å². The Kier molecular flexibility index (Phi) is 5.99. The van der Waals surface area contributed by atoms with Gasteiger partial charge in [-0.15, -0.1) is 0 Å². The Balaban J connectivity index is 2.65. The predicted molar refractivity (Wildman–Crippen MR) is 72.3 cm³/mol. The molecule has 18 heavy (non-hydrogen) atoms. The highest BCUT2D eigenvalue weighted by molar-refractivity contribution is 5.97. The molecule has 3 heteroatoms. The van der Waals surface area contributed by atoms with E-state index in [1.165, 1.54) is 6.07 Å². The Bertz CT molecular complexity index is 392. The van der Waals surface area contributed by atoms with Gasteiger partial charge in [0.1, 0.15) is 5.82 Å². The van der Waals surface area contributed by atoms with E-state index in [-0.39, 0.29) is 11.3 Å². The normalized spacial score (nSPS) is 12.7. The van der Waals surface area contributed by atoms with E-state index >= 15 is 0 Å². The quantitative estimate of drug-likeness (QED) is 0.692.